The van der Waals surface area contributed by atoms with E-state index in [-0.39, 0.29) is 5.91 Å². The molecule has 1 aromatic heterocycles. The van der Waals surface area contributed by atoms with Gasteiger partial charge in [-0.2, -0.15) is 5.10 Å². The van der Waals surface area contributed by atoms with E-state index >= 15 is 0 Å². The standard InChI is InChI=1S/C25H25N3O3/c29-24(27-13-5-2-6-14-27)12-10-20-18-28(21-7-3-1-4-8-21)26-25(20)19-9-11-22-23(17-19)31-16-15-30-22/h1,3-4,7-12,17-18H,2,5-6,13-16H2/b12-10-. The average molecular weight is 415 g/mol. The van der Waals surface area contributed by atoms with E-state index in [1.165, 1.54) is 6.42 Å². The second kappa shape index (κ2) is 8.68. The average Bonchev–Trinajstić information content (AvgIpc) is 3.27. The lowest BCUT2D eigenvalue weighted by molar-refractivity contribution is -0.126. The van der Waals surface area contributed by atoms with Gasteiger partial charge in [0, 0.05) is 36.5 Å². The van der Waals surface area contributed by atoms with E-state index in [9.17, 15) is 4.79 Å². The molecule has 0 saturated carbocycles. The molecule has 2 aliphatic heterocycles. The lowest BCUT2D eigenvalue weighted by Gasteiger charge is -2.25. The van der Waals surface area contributed by atoms with Crippen LogP contribution in [0.25, 0.3) is 23.0 Å². The van der Waals surface area contributed by atoms with E-state index in [2.05, 4.69) is 0 Å². The summed E-state index contributed by atoms with van der Waals surface area (Å²) in [6, 6.07) is 15.8. The van der Waals surface area contributed by atoms with Crippen molar-refractivity contribution in [1.29, 1.82) is 0 Å². The van der Waals surface area contributed by atoms with Gasteiger partial charge in [-0.05, 0) is 55.7 Å². The smallest absolute Gasteiger partial charge is 0.246 e. The number of carbonyl (C=O) groups is 1. The Hall–Kier alpha value is -3.54. The number of carbonyl (C=O) groups excluding carboxylic acids is 1. The Bertz CT molecular complexity index is 1100. The van der Waals surface area contributed by atoms with Gasteiger partial charge in [0.1, 0.15) is 18.9 Å². The minimum Gasteiger partial charge on any atom is -0.486 e. The monoisotopic (exact) mass is 415 g/mol. The summed E-state index contributed by atoms with van der Waals surface area (Å²) in [7, 11) is 0. The molecule has 6 heteroatoms. The third-order valence-electron chi connectivity index (χ3n) is 5.65. The van der Waals surface area contributed by atoms with Crippen molar-refractivity contribution in [3.05, 3.63) is 66.4 Å². The zero-order valence-electron chi connectivity index (χ0n) is 17.4. The largest absolute Gasteiger partial charge is 0.486 e. The fourth-order valence-corrected chi connectivity index (χ4v) is 4.02. The Balaban J connectivity index is 1.50. The number of piperidine rings is 1. The van der Waals surface area contributed by atoms with Crippen molar-refractivity contribution in [2.45, 2.75) is 19.3 Å². The highest BCUT2D eigenvalue weighted by Gasteiger charge is 2.18. The van der Waals surface area contributed by atoms with Gasteiger partial charge in [-0.15, -0.1) is 0 Å². The van der Waals surface area contributed by atoms with Crippen molar-refractivity contribution in [3.8, 4) is 28.4 Å². The van der Waals surface area contributed by atoms with Gasteiger partial charge >= 0.3 is 0 Å². The van der Waals surface area contributed by atoms with Gasteiger partial charge in [-0.1, -0.05) is 18.2 Å². The van der Waals surface area contributed by atoms with Crippen molar-refractivity contribution in [2.24, 2.45) is 0 Å². The number of amides is 1. The third-order valence-corrected chi connectivity index (χ3v) is 5.65. The number of ether oxygens (including phenoxy) is 2. The first-order chi connectivity index (χ1) is 15.3. The van der Waals surface area contributed by atoms with Gasteiger partial charge in [0.05, 0.1) is 5.69 Å². The van der Waals surface area contributed by atoms with Gasteiger partial charge in [-0.3, -0.25) is 4.79 Å². The molecular formula is C25H25N3O3. The number of nitrogens with zero attached hydrogens (tertiary/aromatic N) is 3. The second-order valence-electron chi connectivity index (χ2n) is 7.79. The SMILES string of the molecule is O=C(/C=C\c1cn(-c2ccccc2)nc1-c1ccc2c(c1)OCCO2)N1CCCCC1. The molecule has 3 heterocycles. The van der Waals surface area contributed by atoms with Crippen LogP contribution in [0.2, 0.25) is 0 Å². The molecule has 0 N–H and O–H groups in total. The zero-order valence-corrected chi connectivity index (χ0v) is 17.4. The summed E-state index contributed by atoms with van der Waals surface area (Å²) >= 11 is 0. The molecule has 1 fully saturated rings. The van der Waals surface area contributed by atoms with Gasteiger partial charge < -0.3 is 14.4 Å². The van der Waals surface area contributed by atoms with Crippen LogP contribution in [0, 0.1) is 0 Å². The molecule has 5 rings (SSSR count). The molecule has 158 valence electrons. The molecule has 1 saturated heterocycles. The number of para-hydroxylation sites is 1. The van der Waals surface area contributed by atoms with Gasteiger partial charge in [0.15, 0.2) is 11.5 Å². The normalized spacial score (nSPS) is 15.9. The van der Waals surface area contributed by atoms with Crippen LogP contribution >= 0.6 is 0 Å². The van der Waals surface area contributed by atoms with Crippen LogP contribution < -0.4 is 9.47 Å². The summed E-state index contributed by atoms with van der Waals surface area (Å²) in [5, 5.41) is 4.83. The van der Waals surface area contributed by atoms with E-state index in [1.54, 1.807) is 6.08 Å². The number of hydrogen-bond acceptors (Lipinski definition) is 4. The highest BCUT2D eigenvalue weighted by molar-refractivity contribution is 5.93. The predicted molar refractivity (Wildman–Crippen MR) is 119 cm³/mol. The van der Waals surface area contributed by atoms with Crippen molar-refractivity contribution in [3.63, 3.8) is 0 Å². The first kappa shape index (κ1) is 19.4. The first-order valence-corrected chi connectivity index (χ1v) is 10.8. The lowest BCUT2D eigenvalue weighted by atomic mass is 10.1. The summed E-state index contributed by atoms with van der Waals surface area (Å²) in [6.07, 6.45) is 8.85. The molecule has 0 unspecified atom stereocenters. The van der Waals surface area contributed by atoms with Crippen LogP contribution in [0.15, 0.2) is 60.8 Å². The Labute approximate surface area is 181 Å². The first-order valence-electron chi connectivity index (χ1n) is 10.8. The van der Waals surface area contributed by atoms with Crippen molar-refractivity contribution < 1.29 is 14.3 Å². The van der Waals surface area contributed by atoms with E-state index in [4.69, 9.17) is 14.6 Å². The lowest BCUT2D eigenvalue weighted by Crippen LogP contribution is -2.34. The van der Waals surface area contributed by atoms with Gasteiger partial charge in [0.2, 0.25) is 5.91 Å². The Kier molecular flexibility index (Phi) is 5.44. The predicted octanol–water partition coefficient (Wildman–Crippen LogP) is 4.34. The molecule has 0 aliphatic carbocycles. The molecule has 1 amide bonds. The summed E-state index contributed by atoms with van der Waals surface area (Å²) in [5.41, 5.74) is 3.56. The Morgan fingerprint density at radius 1 is 0.935 bits per heavy atom. The van der Waals surface area contributed by atoms with E-state index in [0.717, 1.165) is 59.9 Å². The molecular weight excluding hydrogens is 390 g/mol. The molecule has 0 bridgehead atoms. The fourth-order valence-electron chi connectivity index (χ4n) is 4.02. The van der Waals surface area contributed by atoms with Crippen molar-refractivity contribution >= 4 is 12.0 Å². The maximum atomic E-state index is 12.7. The summed E-state index contributed by atoms with van der Waals surface area (Å²) in [5.74, 6) is 1.52. The maximum Gasteiger partial charge on any atom is 0.246 e. The van der Waals surface area contributed by atoms with E-state index in [1.807, 2.05) is 70.4 Å². The third kappa shape index (κ3) is 4.19. The molecule has 31 heavy (non-hydrogen) atoms. The van der Waals surface area contributed by atoms with Crippen LogP contribution in [0.1, 0.15) is 24.8 Å². The highest BCUT2D eigenvalue weighted by Crippen LogP contribution is 2.35. The molecule has 0 radical (unpaired) electrons. The topological polar surface area (TPSA) is 56.6 Å². The maximum absolute atomic E-state index is 12.7. The number of rotatable bonds is 4. The molecule has 2 aliphatic rings. The van der Waals surface area contributed by atoms with E-state index < -0.39 is 0 Å². The quantitative estimate of drug-likeness (QED) is 0.595. The molecule has 3 aromatic rings. The zero-order chi connectivity index (χ0) is 21.0. The molecule has 6 nitrogen and oxygen atoms in total. The molecule has 0 spiro atoms. The molecule has 2 aromatic carbocycles. The van der Waals surface area contributed by atoms with Crippen LogP contribution in [-0.2, 0) is 4.79 Å². The Morgan fingerprint density at radius 2 is 1.71 bits per heavy atom. The number of fused-ring (bicyclic) bond motifs is 1. The fraction of sp³-hybridized carbons (Fsp3) is 0.280. The minimum atomic E-state index is 0.0558. The van der Waals surface area contributed by atoms with Gasteiger partial charge in [-0.25, -0.2) is 4.68 Å². The summed E-state index contributed by atoms with van der Waals surface area (Å²) in [4.78, 5) is 14.6. The van der Waals surface area contributed by atoms with Crippen molar-refractivity contribution in [2.75, 3.05) is 26.3 Å². The number of hydrogen-bond donors (Lipinski definition) is 0. The van der Waals surface area contributed by atoms with E-state index in [0.29, 0.717) is 13.2 Å². The molecule has 0 atom stereocenters. The summed E-state index contributed by atoms with van der Waals surface area (Å²) < 4.78 is 13.3. The Morgan fingerprint density at radius 3 is 2.52 bits per heavy atom. The van der Waals surface area contributed by atoms with Crippen molar-refractivity contribution in [1.82, 2.24) is 14.7 Å². The minimum absolute atomic E-state index is 0.0558. The van der Waals surface area contributed by atoms with Gasteiger partial charge in [0.25, 0.3) is 0 Å². The van der Waals surface area contributed by atoms with Crippen LogP contribution in [-0.4, -0.2) is 46.9 Å². The number of likely N-dealkylation sites (tertiary alicyclic amines) is 1. The second-order valence-corrected chi connectivity index (χ2v) is 7.79. The number of aromatic nitrogens is 2. The van der Waals surface area contributed by atoms with Crippen LogP contribution in [0.3, 0.4) is 0 Å². The van der Waals surface area contributed by atoms with Crippen LogP contribution in [0.5, 0.6) is 11.5 Å². The van der Waals surface area contributed by atoms with Crippen LogP contribution in [0.4, 0.5) is 0 Å². The summed E-state index contributed by atoms with van der Waals surface area (Å²) in [6.45, 7) is 2.76. The highest BCUT2D eigenvalue weighted by atomic mass is 16.6. The number of benzene rings is 2.